The van der Waals surface area contributed by atoms with E-state index >= 15 is 0 Å². The van der Waals surface area contributed by atoms with E-state index in [1.165, 1.54) is 17.7 Å². The van der Waals surface area contributed by atoms with Crippen molar-refractivity contribution in [2.75, 3.05) is 12.8 Å². The molecule has 4 atom stereocenters. The van der Waals surface area contributed by atoms with E-state index in [-0.39, 0.29) is 16.9 Å². The van der Waals surface area contributed by atoms with E-state index in [4.69, 9.17) is 5.73 Å². The molecule has 174 valence electrons. The number of aliphatic hydroxyl groups excluding tert-OH is 2. The topological polar surface area (TPSA) is 147 Å². The first kappa shape index (κ1) is 21.8. The zero-order valence-electron chi connectivity index (χ0n) is 18.3. The second-order valence-corrected chi connectivity index (χ2v) is 10.7. The lowest BCUT2D eigenvalue weighted by molar-refractivity contribution is 0.00545. The maximum absolute atomic E-state index is 12.6. The number of benzene rings is 1. The Hall–Kier alpha value is -3.02. The first-order chi connectivity index (χ1) is 15.7. The average molecular weight is 471 g/mol. The van der Waals surface area contributed by atoms with Crippen LogP contribution in [-0.4, -0.2) is 62.6 Å². The highest BCUT2D eigenvalue weighted by Gasteiger charge is 2.42. The van der Waals surface area contributed by atoms with E-state index in [9.17, 15) is 18.6 Å². The van der Waals surface area contributed by atoms with Crippen molar-refractivity contribution in [3.8, 4) is 0 Å². The van der Waals surface area contributed by atoms with Crippen molar-refractivity contribution in [1.29, 1.82) is 0 Å². The summed E-state index contributed by atoms with van der Waals surface area (Å²) in [7, 11) is -2.09. The zero-order valence-corrected chi connectivity index (χ0v) is 19.1. The van der Waals surface area contributed by atoms with E-state index in [1.807, 2.05) is 16.8 Å². The Kier molecular flexibility index (Phi) is 5.15. The van der Waals surface area contributed by atoms with Gasteiger partial charge in [-0.15, -0.1) is 0 Å². The molecule has 11 heteroatoms. The summed E-state index contributed by atoms with van der Waals surface area (Å²) in [6.45, 7) is 1.66. The van der Waals surface area contributed by atoms with Crippen LogP contribution in [0.4, 0.5) is 11.5 Å². The number of aryl methyl sites for hydroxylation is 1. The van der Waals surface area contributed by atoms with Gasteiger partial charge in [0.25, 0.3) is 10.0 Å². The molecule has 33 heavy (non-hydrogen) atoms. The van der Waals surface area contributed by atoms with Crippen LogP contribution < -0.4 is 5.73 Å². The van der Waals surface area contributed by atoms with Gasteiger partial charge in [0.1, 0.15) is 34.6 Å². The van der Waals surface area contributed by atoms with Gasteiger partial charge in [0, 0.05) is 13.2 Å². The Morgan fingerprint density at radius 2 is 1.97 bits per heavy atom. The molecule has 0 amide bonds. The number of hydrogen-bond acceptors (Lipinski definition) is 8. The van der Waals surface area contributed by atoms with E-state index in [0.717, 1.165) is 5.56 Å². The Bertz CT molecular complexity index is 1370. The van der Waals surface area contributed by atoms with Crippen molar-refractivity contribution in [3.63, 3.8) is 0 Å². The van der Waals surface area contributed by atoms with Crippen LogP contribution in [0, 0.1) is 5.92 Å². The van der Waals surface area contributed by atoms with Crippen molar-refractivity contribution < 1.29 is 18.6 Å². The van der Waals surface area contributed by atoms with Crippen LogP contribution in [0.2, 0.25) is 0 Å². The van der Waals surface area contributed by atoms with E-state index < -0.39 is 22.2 Å². The summed E-state index contributed by atoms with van der Waals surface area (Å²) in [5.41, 5.74) is 7.92. The summed E-state index contributed by atoms with van der Waals surface area (Å²) in [5.74, 6) is 0.667. The molecule has 2 aliphatic rings. The summed E-state index contributed by atoms with van der Waals surface area (Å²) < 4.78 is 28.2. The van der Waals surface area contributed by atoms with Crippen molar-refractivity contribution in [3.05, 3.63) is 42.4 Å². The molecule has 1 aliphatic carbocycles. The van der Waals surface area contributed by atoms with Gasteiger partial charge in [-0.25, -0.2) is 23.4 Å². The largest absolute Gasteiger partial charge is 0.390 e. The molecular weight excluding hydrogens is 444 g/mol. The lowest BCUT2D eigenvalue weighted by Crippen LogP contribution is -2.33. The van der Waals surface area contributed by atoms with Crippen molar-refractivity contribution in [2.24, 2.45) is 10.9 Å². The van der Waals surface area contributed by atoms with Crippen LogP contribution in [0.1, 0.15) is 31.4 Å². The van der Waals surface area contributed by atoms with Gasteiger partial charge in [-0.1, -0.05) is 6.07 Å². The van der Waals surface area contributed by atoms with Crippen LogP contribution in [0.15, 0.2) is 46.7 Å². The molecule has 0 spiro atoms. The number of sulfonamides is 1. The zero-order chi connectivity index (χ0) is 23.5. The van der Waals surface area contributed by atoms with Crippen LogP contribution >= 0.6 is 0 Å². The molecule has 2 aromatic heterocycles. The molecule has 1 saturated carbocycles. The van der Waals surface area contributed by atoms with Gasteiger partial charge < -0.3 is 20.5 Å². The molecule has 3 heterocycles. The third-order valence-electron chi connectivity index (χ3n) is 6.87. The first-order valence-electron chi connectivity index (χ1n) is 10.8. The predicted molar refractivity (Wildman–Crippen MR) is 124 cm³/mol. The fourth-order valence-electron chi connectivity index (χ4n) is 4.86. The molecule has 0 unspecified atom stereocenters. The Balaban J connectivity index is 1.34. The fourth-order valence-corrected chi connectivity index (χ4v) is 6.16. The highest BCUT2D eigenvalue weighted by molar-refractivity contribution is 7.89. The van der Waals surface area contributed by atoms with Crippen molar-refractivity contribution in [2.45, 2.75) is 49.3 Å². The standard InChI is InChI=1S/C22H26N6O4S/c1-12-26-16-9-13(4-6-18(16)33(31,32)27(12)2)3-5-14-10-17(20(30)19(14)29)28-8-7-15-21(23)24-11-25-22(15)28/h4,6-9,11,14,17,19-20,29-30H,3,5,10H2,1-2H3,(H2,23,24,25)/t14-,17+,19+,20-/m0/s1. The first-order valence-corrected chi connectivity index (χ1v) is 12.2. The number of amidine groups is 1. The molecule has 4 N–H and O–H groups in total. The number of hydrogen-bond donors (Lipinski definition) is 3. The second-order valence-electron chi connectivity index (χ2n) is 8.74. The van der Waals surface area contributed by atoms with E-state index in [2.05, 4.69) is 15.0 Å². The summed E-state index contributed by atoms with van der Waals surface area (Å²) in [6.07, 6.45) is 3.25. The quantitative estimate of drug-likeness (QED) is 0.525. The molecule has 5 rings (SSSR count). The van der Waals surface area contributed by atoms with Crippen molar-refractivity contribution >= 4 is 38.4 Å². The fraction of sp³-hybridized carbons (Fsp3) is 0.409. The SMILES string of the molecule is CC1=Nc2cc(CC[C@H]3C[C@@H](n4ccc5c(N)ncnc54)[C@H](O)[C@@H]3O)ccc2S(=O)(=O)N1C. The second kappa shape index (κ2) is 7.79. The smallest absolute Gasteiger partial charge is 0.267 e. The van der Waals surface area contributed by atoms with Gasteiger partial charge in [0.15, 0.2) is 0 Å². The van der Waals surface area contributed by atoms with E-state index in [1.54, 1.807) is 25.1 Å². The normalized spacial score (nSPS) is 26.4. The summed E-state index contributed by atoms with van der Waals surface area (Å²) in [5, 5.41) is 22.2. The number of nitrogens with zero attached hydrogens (tertiary/aromatic N) is 5. The third-order valence-corrected chi connectivity index (χ3v) is 8.76. The number of aromatic nitrogens is 3. The van der Waals surface area contributed by atoms with Gasteiger partial charge in [0.05, 0.1) is 23.2 Å². The van der Waals surface area contributed by atoms with Crippen LogP contribution in [0.5, 0.6) is 0 Å². The molecule has 3 aromatic rings. The minimum Gasteiger partial charge on any atom is -0.390 e. The molecular formula is C22H26N6O4S. The number of nitrogens with two attached hydrogens (primary N) is 1. The van der Waals surface area contributed by atoms with Crippen LogP contribution in [0.3, 0.4) is 0 Å². The molecule has 1 aliphatic heterocycles. The lowest BCUT2D eigenvalue weighted by Gasteiger charge is -2.24. The minimum absolute atomic E-state index is 0.127. The number of fused-ring (bicyclic) bond motifs is 2. The highest BCUT2D eigenvalue weighted by Crippen LogP contribution is 2.40. The van der Waals surface area contributed by atoms with Gasteiger partial charge >= 0.3 is 0 Å². The minimum atomic E-state index is -3.58. The van der Waals surface area contributed by atoms with Crippen LogP contribution in [-0.2, 0) is 16.4 Å². The summed E-state index contributed by atoms with van der Waals surface area (Å²) in [4.78, 5) is 12.9. The van der Waals surface area contributed by atoms with Gasteiger partial charge in [-0.2, -0.15) is 0 Å². The highest BCUT2D eigenvalue weighted by atomic mass is 32.2. The number of aliphatic hydroxyl groups is 2. The number of rotatable bonds is 4. The van der Waals surface area contributed by atoms with Gasteiger partial charge in [-0.05, 0) is 55.9 Å². The monoisotopic (exact) mass is 470 g/mol. The van der Waals surface area contributed by atoms with Crippen molar-refractivity contribution in [1.82, 2.24) is 18.8 Å². The van der Waals surface area contributed by atoms with E-state index in [0.29, 0.717) is 47.6 Å². The number of anilines is 1. The molecule has 10 nitrogen and oxygen atoms in total. The number of aliphatic imine (C=N–C) groups is 1. The maximum atomic E-state index is 12.6. The van der Waals surface area contributed by atoms with Gasteiger partial charge in [0.2, 0.25) is 0 Å². The predicted octanol–water partition coefficient (Wildman–Crippen LogP) is 1.61. The molecule has 1 fully saturated rings. The molecule has 0 radical (unpaired) electrons. The molecule has 0 saturated heterocycles. The Morgan fingerprint density at radius 3 is 2.76 bits per heavy atom. The lowest BCUT2D eigenvalue weighted by atomic mass is 9.96. The number of nitrogen functional groups attached to an aromatic ring is 1. The van der Waals surface area contributed by atoms with Gasteiger partial charge in [-0.3, -0.25) is 4.31 Å². The summed E-state index contributed by atoms with van der Waals surface area (Å²) >= 11 is 0. The molecule has 1 aromatic carbocycles. The Morgan fingerprint density at radius 1 is 1.18 bits per heavy atom. The Labute approximate surface area is 191 Å². The third kappa shape index (κ3) is 3.47. The molecule has 0 bridgehead atoms. The summed E-state index contributed by atoms with van der Waals surface area (Å²) in [6, 6.07) is 6.66. The average Bonchev–Trinajstić information content (AvgIpc) is 3.33. The maximum Gasteiger partial charge on any atom is 0.267 e. The van der Waals surface area contributed by atoms with Crippen LogP contribution in [0.25, 0.3) is 11.0 Å².